The Bertz CT molecular complexity index is 3110. The summed E-state index contributed by atoms with van der Waals surface area (Å²) in [6, 6.07) is 68.4. The van der Waals surface area contributed by atoms with Crippen LogP contribution in [0.3, 0.4) is 0 Å². The van der Waals surface area contributed by atoms with E-state index in [9.17, 15) is 0 Å². The Labute approximate surface area is 371 Å². The van der Waals surface area contributed by atoms with Crippen molar-refractivity contribution in [3.63, 3.8) is 0 Å². The van der Waals surface area contributed by atoms with Crippen molar-refractivity contribution in [3.8, 4) is 11.1 Å². The quantitative estimate of drug-likeness (QED) is 0.148. The molecule has 2 N–H and O–H groups in total. The van der Waals surface area contributed by atoms with Crippen LogP contribution in [-0.2, 0) is 5.41 Å². The first-order valence-electron chi connectivity index (χ1n) is 22.0. The summed E-state index contributed by atoms with van der Waals surface area (Å²) in [4.78, 5) is 9.97. The maximum Gasteiger partial charge on any atom is 0.0866 e. The molecular formula is C59H52N4. The van der Waals surface area contributed by atoms with Crippen LogP contribution in [0.1, 0.15) is 54.5 Å². The molecule has 2 unspecified atom stereocenters. The van der Waals surface area contributed by atoms with Crippen molar-refractivity contribution in [1.82, 2.24) is 4.90 Å². The minimum atomic E-state index is -0.0268. The highest BCUT2D eigenvalue weighted by molar-refractivity contribution is 6.14. The van der Waals surface area contributed by atoms with E-state index in [4.69, 9.17) is 10.7 Å². The first-order valence-corrected chi connectivity index (χ1v) is 22.0. The minimum absolute atomic E-state index is 0.0268. The maximum atomic E-state index is 6.30. The molecule has 1 heterocycles. The Morgan fingerprint density at radius 1 is 0.619 bits per heavy atom. The topological polar surface area (TPSA) is 44.9 Å². The maximum absolute atomic E-state index is 6.30. The zero-order valence-electron chi connectivity index (χ0n) is 36.4. The lowest BCUT2D eigenvalue weighted by Gasteiger charge is -2.38. The molecule has 2 aliphatic rings. The van der Waals surface area contributed by atoms with Gasteiger partial charge in [-0.15, -0.1) is 0 Å². The van der Waals surface area contributed by atoms with Gasteiger partial charge >= 0.3 is 0 Å². The predicted molar refractivity (Wildman–Crippen MR) is 267 cm³/mol. The summed E-state index contributed by atoms with van der Waals surface area (Å²) in [5.74, 6) is 0.128. The average Bonchev–Trinajstić information content (AvgIpc) is 3.66. The molecule has 4 nitrogen and oxygen atoms in total. The number of hydrogen-bond acceptors (Lipinski definition) is 4. The molecule has 1 aliphatic carbocycles. The SMILES string of the molecule is CN(C1=C(c2ccc3ccccc3c2)C2C(C=C1)c1ccccc1N2c1ccc(C(C)(C)C)cc1)/C(=C\C(=N/CN)c1ccc2ccccc2c1)c1cccc(-c2ccccc2)c1. The largest absolute Gasteiger partial charge is 0.344 e. The number of rotatable bonds is 9. The number of allylic oxidation sites excluding steroid dienone is 2. The van der Waals surface area contributed by atoms with Gasteiger partial charge in [-0.25, -0.2) is 0 Å². The smallest absolute Gasteiger partial charge is 0.0866 e. The second-order valence-corrected chi connectivity index (χ2v) is 17.7. The Morgan fingerprint density at radius 3 is 2.00 bits per heavy atom. The molecule has 0 saturated carbocycles. The van der Waals surface area contributed by atoms with Crippen molar-refractivity contribution in [2.24, 2.45) is 10.7 Å². The number of aliphatic imine (C=N–C) groups is 1. The van der Waals surface area contributed by atoms with Gasteiger partial charge in [0.25, 0.3) is 0 Å². The highest BCUT2D eigenvalue weighted by Crippen LogP contribution is 2.54. The van der Waals surface area contributed by atoms with Crippen LogP contribution in [0.25, 0.3) is 43.9 Å². The van der Waals surface area contributed by atoms with E-state index in [1.807, 2.05) is 0 Å². The molecule has 0 radical (unpaired) electrons. The van der Waals surface area contributed by atoms with E-state index < -0.39 is 0 Å². The van der Waals surface area contributed by atoms with E-state index in [1.165, 1.54) is 55.4 Å². The lowest BCUT2D eigenvalue weighted by atomic mass is 9.80. The van der Waals surface area contributed by atoms with Crippen LogP contribution in [0.2, 0.25) is 0 Å². The number of para-hydroxylation sites is 1. The van der Waals surface area contributed by atoms with Crippen LogP contribution in [0.4, 0.5) is 11.4 Å². The van der Waals surface area contributed by atoms with E-state index in [0.29, 0.717) is 0 Å². The molecule has 0 saturated heterocycles. The van der Waals surface area contributed by atoms with Gasteiger partial charge in [0.15, 0.2) is 0 Å². The number of hydrogen-bond donors (Lipinski definition) is 1. The average molecular weight is 817 g/mol. The molecule has 0 fully saturated rings. The van der Waals surface area contributed by atoms with Gasteiger partial charge in [-0.05, 0) is 109 Å². The van der Waals surface area contributed by atoms with Crippen molar-refractivity contribution in [2.75, 3.05) is 18.6 Å². The van der Waals surface area contributed by atoms with E-state index in [0.717, 1.165) is 39.2 Å². The summed E-state index contributed by atoms with van der Waals surface area (Å²) < 4.78 is 0. The first kappa shape index (κ1) is 39.8. The lowest BCUT2D eigenvalue weighted by molar-refractivity contribution is 0.590. The van der Waals surface area contributed by atoms with E-state index in [-0.39, 0.29) is 24.0 Å². The van der Waals surface area contributed by atoms with Gasteiger partial charge in [-0.3, -0.25) is 4.99 Å². The Kier molecular flexibility index (Phi) is 10.5. The third-order valence-electron chi connectivity index (χ3n) is 12.8. The molecule has 0 aromatic heterocycles. The monoisotopic (exact) mass is 816 g/mol. The lowest BCUT2D eigenvalue weighted by Crippen LogP contribution is -2.35. The number of likely N-dealkylation sites (N-methyl/N-ethyl adjacent to an activating group) is 1. The Hall–Kier alpha value is -7.27. The van der Waals surface area contributed by atoms with Crippen molar-refractivity contribution >= 4 is 49.9 Å². The van der Waals surface area contributed by atoms with E-state index in [2.05, 4.69) is 244 Å². The Balaban J connectivity index is 1.21. The van der Waals surface area contributed by atoms with Crippen LogP contribution in [0.5, 0.6) is 0 Å². The molecule has 1 aliphatic heterocycles. The molecule has 10 rings (SSSR count). The van der Waals surface area contributed by atoms with Crippen molar-refractivity contribution in [2.45, 2.75) is 38.1 Å². The van der Waals surface area contributed by atoms with Gasteiger partial charge in [0.2, 0.25) is 0 Å². The van der Waals surface area contributed by atoms with Crippen LogP contribution < -0.4 is 10.6 Å². The van der Waals surface area contributed by atoms with Crippen molar-refractivity contribution in [3.05, 3.63) is 240 Å². The molecule has 8 aromatic carbocycles. The second kappa shape index (κ2) is 16.5. The third kappa shape index (κ3) is 7.58. The fourth-order valence-electron chi connectivity index (χ4n) is 9.60. The number of benzene rings is 8. The Morgan fingerprint density at radius 2 is 1.27 bits per heavy atom. The van der Waals surface area contributed by atoms with Gasteiger partial charge in [0, 0.05) is 41.2 Å². The van der Waals surface area contributed by atoms with Gasteiger partial charge in [0.1, 0.15) is 0 Å². The first-order chi connectivity index (χ1) is 30.7. The molecule has 308 valence electrons. The van der Waals surface area contributed by atoms with Gasteiger partial charge in [-0.2, -0.15) is 0 Å². The molecule has 63 heavy (non-hydrogen) atoms. The van der Waals surface area contributed by atoms with Crippen molar-refractivity contribution in [1.29, 1.82) is 0 Å². The van der Waals surface area contributed by atoms with Crippen LogP contribution in [-0.4, -0.2) is 30.4 Å². The molecule has 0 bridgehead atoms. The highest BCUT2D eigenvalue weighted by Gasteiger charge is 2.44. The molecule has 2 atom stereocenters. The fourth-order valence-corrected chi connectivity index (χ4v) is 9.60. The zero-order valence-corrected chi connectivity index (χ0v) is 36.4. The summed E-state index contributed by atoms with van der Waals surface area (Å²) in [6.07, 6.45) is 7.03. The number of nitrogens with zero attached hydrogens (tertiary/aromatic N) is 3. The van der Waals surface area contributed by atoms with Crippen LogP contribution in [0.15, 0.2) is 217 Å². The number of nitrogens with two attached hydrogens (primary N) is 1. The molecule has 8 aromatic rings. The summed E-state index contributed by atoms with van der Waals surface area (Å²) in [5.41, 5.74) is 21.3. The fraction of sp³-hybridized carbons (Fsp3) is 0.136. The number of anilines is 2. The summed E-state index contributed by atoms with van der Waals surface area (Å²) in [5, 5.41) is 4.79. The standard InChI is InChI=1S/C59H52N4/c1-59(2,3)49-29-31-50(32-30-49)63-54-24-13-12-23-51(54)52-33-34-55(57(58(52)63)48-28-26-42-18-9-11-20-44(42)37-48)62(4)56(47-22-14-21-45(36-47)40-15-6-5-7-16-40)38-53(61-39-60)46-27-25-41-17-8-10-19-43(41)35-46/h5-38,52,58H,39,60H2,1-4H3/b56-38-,61-53+. The molecule has 0 amide bonds. The summed E-state index contributed by atoms with van der Waals surface area (Å²) in [7, 11) is 2.22. The van der Waals surface area contributed by atoms with E-state index >= 15 is 0 Å². The normalized spacial score (nSPS) is 16.4. The van der Waals surface area contributed by atoms with Crippen molar-refractivity contribution < 1.29 is 0 Å². The summed E-state index contributed by atoms with van der Waals surface area (Å²) in [6.45, 7) is 7.00. The highest BCUT2D eigenvalue weighted by atomic mass is 15.2. The predicted octanol–water partition coefficient (Wildman–Crippen LogP) is 13.9. The minimum Gasteiger partial charge on any atom is -0.344 e. The summed E-state index contributed by atoms with van der Waals surface area (Å²) >= 11 is 0. The molecule has 4 heteroatoms. The van der Waals surface area contributed by atoms with E-state index in [1.54, 1.807) is 0 Å². The van der Waals surface area contributed by atoms with Crippen LogP contribution in [0, 0.1) is 0 Å². The van der Waals surface area contributed by atoms with Gasteiger partial charge in [0.05, 0.1) is 24.1 Å². The third-order valence-corrected chi connectivity index (χ3v) is 12.8. The second-order valence-electron chi connectivity index (χ2n) is 17.7. The molecule has 0 spiro atoms. The molecular weight excluding hydrogens is 765 g/mol. The van der Waals surface area contributed by atoms with Gasteiger partial charge in [-0.1, -0.05) is 179 Å². The van der Waals surface area contributed by atoms with Crippen LogP contribution >= 0.6 is 0 Å². The number of fused-ring (bicyclic) bond motifs is 5. The van der Waals surface area contributed by atoms with Gasteiger partial charge < -0.3 is 15.5 Å². The zero-order chi connectivity index (χ0) is 43.1.